The van der Waals surface area contributed by atoms with E-state index in [9.17, 15) is 9.59 Å². The van der Waals surface area contributed by atoms with Gasteiger partial charge in [0.2, 0.25) is 11.8 Å². The van der Waals surface area contributed by atoms with Crippen molar-refractivity contribution in [2.24, 2.45) is 0 Å². The number of hydrogen-bond donors (Lipinski definition) is 1. The molecule has 1 aliphatic rings. The van der Waals surface area contributed by atoms with Crippen molar-refractivity contribution in [2.45, 2.75) is 39.0 Å². The van der Waals surface area contributed by atoms with Crippen LogP contribution in [0, 0.1) is 6.92 Å². The number of nitrogens with one attached hydrogen (secondary N) is 1. The number of benzene rings is 1. The molecule has 1 amide bonds. The molecule has 0 unspecified atom stereocenters. The molecule has 0 saturated heterocycles. The monoisotopic (exact) mass is 415 g/mol. The molecule has 1 aromatic carbocycles. The average molecular weight is 416 g/mol. The summed E-state index contributed by atoms with van der Waals surface area (Å²) in [5.41, 5.74) is 2.24. The van der Waals surface area contributed by atoms with Gasteiger partial charge in [-0.1, -0.05) is 16.8 Å². The molecular weight excluding hydrogens is 398 g/mol. The lowest BCUT2D eigenvalue weighted by Crippen LogP contribution is -2.15. The highest BCUT2D eigenvalue weighted by molar-refractivity contribution is 7.17. The van der Waals surface area contributed by atoms with Crippen molar-refractivity contribution in [3.8, 4) is 0 Å². The van der Waals surface area contributed by atoms with Crippen molar-refractivity contribution in [2.75, 3.05) is 5.32 Å². The first-order valence-electron chi connectivity index (χ1n) is 9.05. The van der Waals surface area contributed by atoms with Crippen molar-refractivity contribution in [1.29, 1.82) is 0 Å². The van der Waals surface area contributed by atoms with E-state index in [0.717, 1.165) is 24.8 Å². The molecular formula is C20H18ClN3O3S. The molecule has 3 aromatic rings. The topological polar surface area (TPSA) is 85.1 Å². The second-order valence-electron chi connectivity index (χ2n) is 6.68. The van der Waals surface area contributed by atoms with Gasteiger partial charge >= 0.3 is 0 Å². The van der Waals surface area contributed by atoms with Gasteiger partial charge in [0.05, 0.1) is 5.56 Å². The van der Waals surface area contributed by atoms with Crippen LogP contribution in [-0.4, -0.2) is 21.8 Å². The molecule has 0 spiro atoms. The highest BCUT2D eigenvalue weighted by Crippen LogP contribution is 2.40. The van der Waals surface area contributed by atoms with Gasteiger partial charge in [-0.2, -0.15) is 4.98 Å². The van der Waals surface area contributed by atoms with E-state index >= 15 is 0 Å². The van der Waals surface area contributed by atoms with Gasteiger partial charge in [0.1, 0.15) is 5.00 Å². The van der Waals surface area contributed by atoms with E-state index in [2.05, 4.69) is 15.5 Å². The van der Waals surface area contributed by atoms with Crippen molar-refractivity contribution in [1.82, 2.24) is 10.1 Å². The largest absolute Gasteiger partial charge is 0.339 e. The lowest BCUT2D eigenvalue weighted by molar-refractivity contribution is -0.116. The van der Waals surface area contributed by atoms with Gasteiger partial charge in [0.15, 0.2) is 11.6 Å². The summed E-state index contributed by atoms with van der Waals surface area (Å²) >= 11 is 7.44. The van der Waals surface area contributed by atoms with Crippen molar-refractivity contribution in [3.05, 3.63) is 62.6 Å². The second-order valence-corrected chi connectivity index (χ2v) is 8.22. The third kappa shape index (κ3) is 3.86. The zero-order valence-electron chi connectivity index (χ0n) is 15.3. The number of ketones is 1. The van der Waals surface area contributed by atoms with Crippen molar-refractivity contribution >= 4 is 39.6 Å². The number of nitrogens with zero attached hydrogens (tertiary/aromatic N) is 2. The highest BCUT2D eigenvalue weighted by Gasteiger charge is 2.28. The first-order valence-corrected chi connectivity index (χ1v) is 10.2. The fourth-order valence-electron chi connectivity index (χ4n) is 3.33. The van der Waals surface area contributed by atoms with Crippen LogP contribution in [0.3, 0.4) is 0 Å². The summed E-state index contributed by atoms with van der Waals surface area (Å²) < 4.78 is 5.04. The Kier molecular flexibility index (Phi) is 5.28. The van der Waals surface area contributed by atoms with Crippen LogP contribution < -0.4 is 5.32 Å². The summed E-state index contributed by atoms with van der Waals surface area (Å²) in [6, 6.07) is 6.83. The van der Waals surface area contributed by atoms with E-state index in [-0.39, 0.29) is 18.1 Å². The van der Waals surface area contributed by atoms with E-state index in [1.807, 2.05) is 0 Å². The summed E-state index contributed by atoms with van der Waals surface area (Å²) in [5, 5.41) is 7.84. The van der Waals surface area contributed by atoms with Gasteiger partial charge < -0.3 is 9.84 Å². The minimum Gasteiger partial charge on any atom is -0.339 e. The van der Waals surface area contributed by atoms with Crippen LogP contribution >= 0.6 is 22.9 Å². The van der Waals surface area contributed by atoms with Crippen LogP contribution in [0.4, 0.5) is 5.00 Å². The molecule has 28 heavy (non-hydrogen) atoms. The number of hydrogen-bond acceptors (Lipinski definition) is 6. The van der Waals surface area contributed by atoms with Crippen LogP contribution in [0.2, 0.25) is 5.02 Å². The van der Waals surface area contributed by atoms with Crippen LogP contribution in [0.15, 0.2) is 28.8 Å². The number of aromatic nitrogens is 2. The van der Waals surface area contributed by atoms with Gasteiger partial charge in [0, 0.05) is 28.3 Å². The second kappa shape index (κ2) is 7.85. The number of halogens is 1. The van der Waals surface area contributed by atoms with Crippen LogP contribution in [0.1, 0.15) is 50.9 Å². The molecule has 0 fully saturated rings. The molecule has 6 nitrogen and oxygen atoms in total. The summed E-state index contributed by atoms with van der Waals surface area (Å²) in [7, 11) is 0. The SMILES string of the molecule is Cc1noc(CCC(=O)Nc2sc3c(c2C(=O)c2ccc(Cl)cc2)CCC3)n1. The lowest BCUT2D eigenvalue weighted by atomic mass is 10.0. The fourth-order valence-corrected chi connectivity index (χ4v) is 4.76. The average Bonchev–Trinajstić information content (AvgIpc) is 3.36. The summed E-state index contributed by atoms with van der Waals surface area (Å²) in [6.45, 7) is 1.73. The highest BCUT2D eigenvalue weighted by atomic mass is 35.5. The maximum Gasteiger partial charge on any atom is 0.227 e. The molecule has 144 valence electrons. The molecule has 0 aliphatic heterocycles. The van der Waals surface area contributed by atoms with Gasteiger partial charge in [-0.05, 0) is 56.0 Å². The van der Waals surface area contributed by atoms with Gasteiger partial charge in [0.25, 0.3) is 0 Å². The first-order chi connectivity index (χ1) is 13.5. The van der Waals surface area contributed by atoms with E-state index in [4.69, 9.17) is 16.1 Å². The normalized spacial score (nSPS) is 12.8. The van der Waals surface area contributed by atoms with Crippen molar-refractivity contribution in [3.63, 3.8) is 0 Å². The summed E-state index contributed by atoms with van der Waals surface area (Å²) in [4.78, 5) is 30.9. The predicted molar refractivity (Wildman–Crippen MR) is 107 cm³/mol. The zero-order valence-corrected chi connectivity index (χ0v) is 16.8. The molecule has 0 radical (unpaired) electrons. The molecule has 0 bridgehead atoms. The maximum absolute atomic E-state index is 13.1. The van der Waals surface area contributed by atoms with E-state index in [1.54, 1.807) is 31.2 Å². The van der Waals surface area contributed by atoms with Crippen LogP contribution in [0.25, 0.3) is 0 Å². The standard InChI is InChI=1S/C20H18ClN3O3S/c1-11-22-17(27-24-11)10-9-16(25)23-20-18(14-3-2-4-15(14)28-20)19(26)12-5-7-13(21)8-6-12/h5-8H,2-4,9-10H2,1H3,(H,23,25). The quantitative estimate of drug-likeness (QED) is 0.603. The third-order valence-corrected chi connectivity index (χ3v) is 6.10. The Balaban J connectivity index is 1.54. The Morgan fingerprint density at radius 3 is 2.75 bits per heavy atom. The number of thiophene rings is 1. The van der Waals surface area contributed by atoms with Gasteiger partial charge in [-0.25, -0.2) is 0 Å². The Labute approximate surface area is 170 Å². The summed E-state index contributed by atoms with van der Waals surface area (Å²) in [6.07, 6.45) is 3.40. The molecule has 2 heterocycles. The Morgan fingerprint density at radius 1 is 1.25 bits per heavy atom. The lowest BCUT2D eigenvalue weighted by Gasteiger charge is -2.08. The number of aryl methyl sites for hydroxylation is 3. The van der Waals surface area contributed by atoms with E-state index < -0.39 is 0 Å². The smallest absolute Gasteiger partial charge is 0.227 e. The van der Waals surface area contributed by atoms with E-state index in [0.29, 0.717) is 39.3 Å². The molecule has 8 heteroatoms. The third-order valence-electron chi connectivity index (χ3n) is 4.64. The van der Waals surface area contributed by atoms with Crippen LogP contribution in [-0.2, 0) is 24.1 Å². The number of fused-ring (bicyclic) bond motifs is 1. The molecule has 0 atom stereocenters. The number of rotatable bonds is 6. The Hall–Kier alpha value is -2.51. The number of carbonyl (C=O) groups is 2. The minimum atomic E-state index is -0.180. The van der Waals surface area contributed by atoms with Crippen molar-refractivity contribution < 1.29 is 14.1 Å². The first kappa shape index (κ1) is 18.8. The maximum atomic E-state index is 13.1. The summed E-state index contributed by atoms with van der Waals surface area (Å²) in [5.74, 6) is 0.708. The number of anilines is 1. The Morgan fingerprint density at radius 2 is 2.04 bits per heavy atom. The number of amides is 1. The molecule has 4 rings (SSSR count). The van der Waals surface area contributed by atoms with Gasteiger partial charge in [-0.15, -0.1) is 11.3 Å². The predicted octanol–water partition coefficient (Wildman–Crippen LogP) is 4.38. The van der Waals surface area contributed by atoms with Gasteiger partial charge in [-0.3, -0.25) is 9.59 Å². The Bertz CT molecular complexity index is 1040. The molecule has 2 aromatic heterocycles. The minimum absolute atomic E-state index is 0.0844. The van der Waals surface area contributed by atoms with Crippen LogP contribution in [0.5, 0.6) is 0 Å². The number of carbonyl (C=O) groups excluding carboxylic acids is 2. The van der Waals surface area contributed by atoms with E-state index in [1.165, 1.54) is 16.2 Å². The molecule has 1 aliphatic carbocycles. The fraction of sp³-hybridized carbons (Fsp3) is 0.300. The molecule has 0 saturated carbocycles. The molecule has 1 N–H and O–H groups in total. The zero-order chi connectivity index (χ0) is 19.7.